The first-order valence-electron chi connectivity index (χ1n) is 7.24. The van der Waals surface area contributed by atoms with Gasteiger partial charge in [-0.2, -0.15) is 0 Å². The predicted octanol–water partition coefficient (Wildman–Crippen LogP) is 1.55. The molecular formula is C16H16O5S. The highest BCUT2D eigenvalue weighted by molar-refractivity contribution is 7.93. The van der Waals surface area contributed by atoms with E-state index in [1.54, 1.807) is 30.3 Å². The number of esters is 1. The van der Waals surface area contributed by atoms with Crippen LogP contribution >= 0.6 is 0 Å². The van der Waals surface area contributed by atoms with E-state index in [9.17, 15) is 13.2 Å². The SMILES string of the molecule is CO[C@@H]1OC(=O)[C@@H]2[C@H]3C=C[C@H](C3)[C@]12S(=O)(=O)c1ccccc1. The van der Waals surface area contributed by atoms with Crippen LogP contribution in [0.25, 0.3) is 0 Å². The summed E-state index contributed by atoms with van der Waals surface area (Å²) in [5.41, 5.74) is 0. The molecule has 2 aliphatic carbocycles. The molecule has 1 saturated carbocycles. The third-order valence-corrected chi connectivity index (χ3v) is 7.76. The molecule has 2 fully saturated rings. The number of allylic oxidation sites excluding steroid dienone is 2. The molecule has 5 atom stereocenters. The third kappa shape index (κ3) is 1.42. The smallest absolute Gasteiger partial charge is 0.313 e. The largest absolute Gasteiger partial charge is 0.434 e. The molecule has 0 amide bonds. The zero-order valence-electron chi connectivity index (χ0n) is 12.0. The van der Waals surface area contributed by atoms with Crippen molar-refractivity contribution in [2.75, 3.05) is 7.11 Å². The van der Waals surface area contributed by atoms with Gasteiger partial charge < -0.3 is 9.47 Å². The summed E-state index contributed by atoms with van der Waals surface area (Å²) in [6.45, 7) is 0. The maximum absolute atomic E-state index is 13.4. The maximum Gasteiger partial charge on any atom is 0.313 e. The van der Waals surface area contributed by atoms with Gasteiger partial charge in [-0.3, -0.25) is 4.79 Å². The molecule has 5 nitrogen and oxygen atoms in total. The molecule has 22 heavy (non-hydrogen) atoms. The van der Waals surface area contributed by atoms with Gasteiger partial charge in [0, 0.05) is 13.0 Å². The highest BCUT2D eigenvalue weighted by Crippen LogP contribution is 2.61. The summed E-state index contributed by atoms with van der Waals surface area (Å²) in [5, 5.41) is 0. The molecule has 0 radical (unpaired) electrons. The summed E-state index contributed by atoms with van der Waals surface area (Å²) in [7, 11) is -2.40. The van der Waals surface area contributed by atoms with Crippen LogP contribution in [0, 0.1) is 17.8 Å². The fraction of sp³-hybridized carbons (Fsp3) is 0.438. The maximum atomic E-state index is 13.4. The topological polar surface area (TPSA) is 69.7 Å². The van der Waals surface area contributed by atoms with Crippen molar-refractivity contribution in [2.24, 2.45) is 17.8 Å². The molecular weight excluding hydrogens is 304 g/mol. The lowest BCUT2D eigenvalue weighted by molar-refractivity contribution is -0.162. The summed E-state index contributed by atoms with van der Waals surface area (Å²) in [6, 6.07) is 8.25. The van der Waals surface area contributed by atoms with Crippen LogP contribution in [-0.4, -0.2) is 32.5 Å². The van der Waals surface area contributed by atoms with Gasteiger partial charge in [0.15, 0.2) is 14.6 Å². The zero-order chi connectivity index (χ0) is 15.5. The summed E-state index contributed by atoms with van der Waals surface area (Å²) < 4.78 is 36.0. The van der Waals surface area contributed by atoms with Crippen molar-refractivity contribution in [1.29, 1.82) is 0 Å². The number of rotatable bonds is 3. The van der Waals surface area contributed by atoms with Crippen molar-refractivity contribution in [3.63, 3.8) is 0 Å². The van der Waals surface area contributed by atoms with E-state index in [4.69, 9.17) is 9.47 Å². The van der Waals surface area contributed by atoms with Crippen molar-refractivity contribution in [1.82, 2.24) is 0 Å². The molecule has 1 aliphatic heterocycles. The van der Waals surface area contributed by atoms with E-state index < -0.39 is 32.8 Å². The van der Waals surface area contributed by atoms with Gasteiger partial charge in [0.05, 0.1) is 10.8 Å². The molecule has 116 valence electrons. The first-order chi connectivity index (χ1) is 10.5. The minimum atomic E-state index is -3.78. The van der Waals surface area contributed by atoms with E-state index >= 15 is 0 Å². The Morgan fingerprint density at radius 1 is 1.23 bits per heavy atom. The highest BCUT2D eigenvalue weighted by atomic mass is 32.2. The van der Waals surface area contributed by atoms with Crippen LogP contribution in [0.15, 0.2) is 47.4 Å². The Morgan fingerprint density at radius 3 is 2.64 bits per heavy atom. The number of hydrogen-bond acceptors (Lipinski definition) is 5. The van der Waals surface area contributed by atoms with Crippen molar-refractivity contribution >= 4 is 15.8 Å². The van der Waals surface area contributed by atoms with Gasteiger partial charge in [-0.15, -0.1) is 0 Å². The fourth-order valence-corrected chi connectivity index (χ4v) is 6.85. The summed E-state index contributed by atoms with van der Waals surface area (Å²) in [6.07, 6.45) is 3.43. The third-order valence-electron chi connectivity index (χ3n) is 5.19. The summed E-state index contributed by atoms with van der Waals surface area (Å²) >= 11 is 0. The fourth-order valence-electron chi connectivity index (χ4n) is 4.35. The van der Waals surface area contributed by atoms with Gasteiger partial charge in [0.25, 0.3) is 0 Å². The molecule has 0 aromatic heterocycles. The molecule has 1 saturated heterocycles. The Morgan fingerprint density at radius 2 is 1.95 bits per heavy atom. The van der Waals surface area contributed by atoms with Gasteiger partial charge >= 0.3 is 5.97 Å². The average molecular weight is 320 g/mol. The second-order valence-electron chi connectivity index (χ2n) is 6.04. The second kappa shape index (κ2) is 4.43. The first kappa shape index (κ1) is 14.0. The Balaban J connectivity index is 1.97. The number of ether oxygens (including phenoxy) is 2. The van der Waals surface area contributed by atoms with Crippen molar-refractivity contribution in [2.45, 2.75) is 22.4 Å². The van der Waals surface area contributed by atoms with Crippen molar-refractivity contribution < 1.29 is 22.7 Å². The zero-order valence-corrected chi connectivity index (χ0v) is 12.8. The Bertz CT molecular complexity index is 754. The lowest BCUT2D eigenvalue weighted by Crippen LogP contribution is -2.54. The number of benzene rings is 1. The average Bonchev–Trinajstić information content (AvgIpc) is 3.19. The molecule has 1 aromatic carbocycles. The molecule has 0 unspecified atom stereocenters. The molecule has 0 spiro atoms. The highest BCUT2D eigenvalue weighted by Gasteiger charge is 2.75. The van der Waals surface area contributed by atoms with Crippen LogP contribution in [0.4, 0.5) is 0 Å². The monoisotopic (exact) mass is 320 g/mol. The molecule has 6 heteroatoms. The van der Waals surface area contributed by atoms with Gasteiger partial charge in [-0.25, -0.2) is 8.42 Å². The lowest BCUT2D eigenvalue weighted by Gasteiger charge is -2.36. The summed E-state index contributed by atoms with van der Waals surface area (Å²) in [4.78, 5) is 12.5. The Labute approximate surface area is 128 Å². The van der Waals surface area contributed by atoms with E-state index in [0.29, 0.717) is 6.42 Å². The number of carbonyl (C=O) groups excluding carboxylic acids is 1. The predicted molar refractivity (Wildman–Crippen MR) is 77.5 cm³/mol. The van der Waals surface area contributed by atoms with Gasteiger partial charge in [0.2, 0.25) is 6.29 Å². The van der Waals surface area contributed by atoms with Gasteiger partial charge in [-0.1, -0.05) is 30.4 Å². The van der Waals surface area contributed by atoms with E-state index in [2.05, 4.69) is 0 Å². The van der Waals surface area contributed by atoms with Gasteiger partial charge in [-0.05, 0) is 24.5 Å². The quantitative estimate of drug-likeness (QED) is 0.624. The van der Waals surface area contributed by atoms with E-state index in [1.165, 1.54) is 7.11 Å². The number of sulfone groups is 1. The van der Waals surface area contributed by atoms with Crippen LogP contribution in [0.3, 0.4) is 0 Å². The van der Waals surface area contributed by atoms with Crippen molar-refractivity contribution in [3.8, 4) is 0 Å². The van der Waals surface area contributed by atoms with E-state index in [1.807, 2.05) is 12.2 Å². The molecule has 4 rings (SSSR count). The molecule has 0 N–H and O–H groups in total. The van der Waals surface area contributed by atoms with Crippen LogP contribution in [0.2, 0.25) is 0 Å². The van der Waals surface area contributed by atoms with Crippen LogP contribution in [0.5, 0.6) is 0 Å². The lowest BCUT2D eigenvalue weighted by atomic mass is 9.83. The van der Waals surface area contributed by atoms with E-state index in [0.717, 1.165) is 0 Å². The number of carbonyl (C=O) groups is 1. The van der Waals surface area contributed by atoms with Crippen molar-refractivity contribution in [3.05, 3.63) is 42.5 Å². The molecule has 3 aliphatic rings. The normalized spacial score (nSPS) is 39.0. The number of hydrogen-bond donors (Lipinski definition) is 0. The second-order valence-corrected chi connectivity index (χ2v) is 8.23. The van der Waals surface area contributed by atoms with Crippen LogP contribution in [0.1, 0.15) is 6.42 Å². The minimum Gasteiger partial charge on any atom is -0.434 e. The molecule has 1 aromatic rings. The Hall–Kier alpha value is -1.66. The number of methoxy groups -OCH3 is 1. The minimum absolute atomic E-state index is 0.0869. The van der Waals surface area contributed by atoms with Gasteiger partial charge in [0.1, 0.15) is 0 Å². The van der Waals surface area contributed by atoms with E-state index in [-0.39, 0.29) is 16.7 Å². The summed E-state index contributed by atoms with van der Waals surface area (Å²) in [5.74, 6) is -1.50. The number of fused-ring (bicyclic) bond motifs is 5. The molecule has 1 heterocycles. The van der Waals surface area contributed by atoms with Crippen LogP contribution in [-0.2, 0) is 24.1 Å². The Kier molecular flexibility index (Phi) is 2.81. The molecule has 2 bridgehead atoms. The first-order valence-corrected chi connectivity index (χ1v) is 8.73. The van der Waals surface area contributed by atoms with Crippen LogP contribution < -0.4 is 0 Å². The standard InChI is InChI=1S/C16H16O5S/c1-20-15-16(22(18,19)12-5-3-2-4-6-12)11-8-7-10(9-11)13(16)14(17)21-15/h2-8,10-11,13,15H,9H2,1H3/t10-,11+,13-,15+,16+/m0/s1. The number of cyclic esters (lactones) is 1.